The molecule has 106 valence electrons. The van der Waals surface area contributed by atoms with Gasteiger partial charge in [-0.2, -0.15) is 4.31 Å². The van der Waals surface area contributed by atoms with E-state index in [9.17, 15) is 17.6 Å². The molecule has 0 aromatic heterocycles. The van der Waals surface area contributed by atoms with Crippen LogP contribution in [0.1, 0.15) is 5.56 Å². The third-order valence-corrected chi connectivity index (χ3v) is 4.65. The molecule has 1 amide bonds. The van der Waals surface area contributed by atoms with Crippen molar-refractivity contribution in [1.29, 1.82) is 0 Å². The first-order valence-corrected chi connectivity index (χ1v) is 7.03. The van der Waals surface area contributed by atoms with Crippen molar-refractivity contribution in [1.82, 2.24) is 9.21 Å². The van der Waals surface area contributed by atoms with Crippen LogP contribution in [0.25, 0.3) is 0 Å². The molecular formula is C12H17FN2O3S. The van der Waals surface area contributed by atoms with Crippen molar-refractivity contribution in [2.75, 3.05) is 27.7 Å². The van der Waals surface area contributed by atoms with E-state index >= 15 is 0 Å². The van der Waals surface area contributed by atoms with E-state index in [-0.39, 0.29) is 17.3 Å². The van der Waals surface area contributed by atoms with Gasteiger partial charge in [0.1, 0.15) is 5.82 Å². The summed E-state index contributed by atoms with van der Waals surface area (Å²) >= 11 is 0. The molecule has 7 heteroatoms. The maximum absolute atomic E-state index is 13.0. The van der Waals surface area contributed by atoms with Crippen LogP contribution in [0, 0.1) is 12.7 Å². The van der Waals surface area contributed by atoms with Crippen LogP contribution in [0.15, 0.2) is 23.1 Å². The van der Waals surface area contributed by atoms with E-state index in [1.807, 2.05) is 0 Å². The smallest absolute Gasteiger partial charge is 0.243 e. The van der Waals surface area contributed by atoms with Gasteiger partial charge in [-0.1, -0.05) is 0 Å². The van der Waals surface area contributed by atoms with Crippen molar-refractivity contribution in [3.63, 3.8) is 0 Å². The van der Waals surface area contributed by atoms with Gasteiger partial charge in [0.2, 0.25) is 15.9 Å². The average molecular weight is 288 g/mol. The van der Waals surface area contributed by atoms with Crippen LogP contribution < -0.4 is 0 Å². The number of amides is 1. The van der Waals surface area contributed by atoms with E-state index in [2.05, 4.69) is 0 Å². The van der Waals surface area contributed by atoms with Crippen molar-refractivity contribution >= 4 is 15.9 Å². The van der Waals surface area contributed by atoms with Gasteiger partial charge in [-0.3, -0.25) is 4.79 Å². The summed E-state index contributed by atoms with van der Waals surface area (Å²) < 4.78 is 38.4. The molecule has 0 atom stereocenters. The number of nitrogens with zero attached hydrogens (tertiary/aromatic N) is 2. The Hall–Kier alpha value is -1.47. The van der Waals surface area contributed by atoms with Gasteiger partial charge < -0.3 is 4.90 Å². The van der Waals surface area contributed by atoms with Gasteiger partial charge in [0.15, 0.2) is 0 Å². The van der Waals surface area contributed by atoms with Gasteiger partial charge in [0.05, 0.1) is 11.4 Å². The number of carbonyl (C=O) groups excluding carboxylic acids is 1. The van der Waals surface area contributed by atoms with Crippen LogP contribution in [0.2, 0.25) is 0 Å². The Balaban J connectivity index is 3.07. The second-order valence-electron chi connectivity index (χ2n) is 4.46. The van der Waals surface area contributed by atoms with Gasteiger partial charge in [0.25, 0.3) is 0 Å². The van der Waals surface area contributed by atoms with Crippen molar-refractivity contribution in [3.05, 3.63) is 29.6 Å². The monoisotopic (exact) mass is 288 g/mol. The summed E-state index contributed by atoms with van der Waals surface area (Å²) in [5.41, 5.74) is 0.309. The van der Waals surface area contributed by atoms with Gasteiger partial charge in [-0.15, -0.1) is 0 Å². The summed E-state index contributed by atoms with van der Waals surface area (Å²) in [4.78, 5) is 12.8. The molecule has 0 bridgehead atoms. The van der Waals surface area contributed by atoms with Crippen molar-refractivity contribution in [2.45, 2.75) is 11.8 Å². The summed E-state index contributed by atoms with van der Waals surface area (Å²) in [6, 6.07) is 3.44. The summed E-state index contributed by atoms with van der Waals surface area (Å²) in [5, 5.41) is 0. The Morgan fingerprint density at radius 3 is 2.32 bits per heavy atom. The molecule has 0 spiro atoms. The van der Waals surface area contributed by atoms with Crippen LogP contribution >= 0.6 is 0 Å². The van der Waals surface area contributed by atoms with Crippen LogP contribution in [0.5, 0.6) is 0 Å². The minimum atomic E-state index is -3.80. The van der Waals surface area contributed by atoms with Gasteiger partial charge in [-0.05, 0) is 30.7 Å². The molecule has 5 nitrogen and oxygen atoms in total. The highest BCUT2D eigenvalue weighted by Gasteiger charge is 2.25. The number of aryl methyl sites for hydroxylation is 1. The van der Waals surface area contributed by atoms with Gasteiger partial charge in [0, 0.05) is 21.1 Å². The number of halogens is 1. The number of rotatable bonds is 4. The Morgan fingerprint density at radius 2 is 1.84 bits per heavy atom. The number of likely N-dealkylation sites (N-methyl/N-ethyl adjacent to an activating group) is 2. The lowest BCUT2D eigenvalue weighted by Gasteiger charge is -2.20. The van der Waals surface area contributed by atoms with E-state index in [1.165, 1.54) is 24.9 Å². The maximum Gasteiger partial charge on any atom is 0.243 e. The van der Waals surface area contributed by atoms with E-state index in [4.69, 9.17) is 0 Å². The molecule has 19 heavy (non-hydrogen) atoms. The van der Waals surface area contributed by atoms with Crippen LogP contribution in [-0.4, -0.2) is 51.2 Å². The molecular weight excluding hydrogens is 271 g/mol. The zero-order valence-electron chi connectivity index (χ0n) is 11.3. The minimum absolute atomic E-state index is 0.00274. The first-order chi connectivity index (χ1) is 8.66. The second kappa shape index (κ2) is 5.66. The van der Waals surface area contributed by atoms with Crippen LogP contribution in [-0.2, 0) is 14.8 Å². The van der Waals surface area contributed by atoms with Crippen molar-refractivity contribution in [3.8, 4) is 0 Å². The highest BCUT2D eigenvalue weighted by Crippen LogP contribution is 2.19. The number of hydrogen-bond donors (Lipinski definition) is 0. The van der Waals surface area contributed by atoms with Crippen molar-refractivity contribution < 1.29 is 17.6 Å². The molecule has 0 aliphatic heterocycles. The Kier molecular flexibility index (Phi) is 4.65. The lowest BCUT2D eigenvalue weighted by Crippen LogP contribution is -2.37. The molecule has 0 aliphatic rings. The molecule has 0 unspecified atom stereocenters. The topological polar surface area (TPSA) is 57.7 Å². The molecule has 0 radical (unpaired) electrons. The molecule has 1 rings (SSSR count). The van der Waals surface area contributed by atoms with E-state index < -0.39 is 15.8 Å². The Labute approximate surface area is 112 Å². The van der Waals surface area contributed by atoms with Gasteiger partial charge >= 0.3 is 0 Å². The largest absolute Gasteiger partial charge is 0.348 e. The lowest BCUT2D eigenvalue weighted by atomic mass is 10.2. The molecule has 0 saturated carbocycles. The molecule has 1 aromatic carbocycles. The Morgan fingerprint density at radius 1 is 1.26 bits per heavy atom. The summed E-state index contributed by atoms with van der Waals surface area (Å²) in [5.74, 6) is -0.825. The molecule has 0 heterocycles. The van der Waals surface area contributed by atoms with E-state index in [0.717, 1.165) is 16.4 Å². The number of hydrogen-bond acceptors (Lipinski definition) is 3. The predicted octanol–water partition coefficient (Wildman–Crippen LogP) is 0.843. The first kappa shape index (κ1) is 15.6. The fraction of sp³-hybridized carbons (Fsp3) is 0.417. The second-order valence-corrected chi connectivity index (χ2v) is 6.47. The number of benzene rings is 1. The number of sulfonamides is 1. The van der Waals surface area contributed by atoms with Gasteiger partial charge in [-0.25, -0.2) is 12.8 Å². The zero-order valence-corrected chi connectivity index (χ0v) is 12.2. The quantitative estimate of drug-likeness (QED) is 0.825. The summed E-state index contributed by atoms with van der Waals surface area (Å²) in [7, 11) is 0.618. The molecule has 0 saturated heterocycles. The van der Waals surface area contributed by atoms with Crippen LogP contribution in [0.3, 0.4) is 0 Å². The van der Waals surface area contributed by atoms with Crippen molar-refractivity contribution in [2.24, 2.45) is 0 Å². The Bertz CT molecular complexity index is 585. The predicted molar refractivity (Wildman–Crippen MR) is 69.6 cm³/mol. The fourth-order valence-electron chi connectivity index (χ4n) is 1.49. The lowest BCUT2D eigenvalue weighted by molar-refractivity contribution is -0.128. The van der Waals surface area contributed by atoms with E-state index in [0.29, 0.717) is 5.56 Å². The highest BCUT2D eigenvalue weighted by molar-refractivity contribution is 7.89. The number of carbonyl (C=O) groups is 1. The van der Waals surface area contributed by atoms with E-state index in [1.54, 1.807) is 14.1 Å². The zero-order chi connectivity index (χ0) is 14.8. The molecule has 0 aliphatic carbocycles. The SMILES string of the molecule is Cc1cc(F)ccc1S(=O)(=O)N(C)CC(=O)N(C)C. The standard InChI is InChI=1S/C12H17FN2O3S/c1-9-7-10(13)5-6-11(9)19(17,18)15(4)8-12(16)14(2)3/h5-7H,8H2,1-4H3. The minimum Gasteiger partial charge on any atom is -0.348 e. The maximum atomic E-state index is 13.0. The average Bonchev–Trinajstić information content (AvgIpc) is 2.27. The fourth-order valence-corrected chi connectivity index (χ4v) is 2.81. The summed E-state index contributed by atoms with van der Waals surface area (Å²) in [6.07, 6.45) is 0. The third-order valence-electron chi connectivity index (χ3n) is 2.68. The molecule has 1 aromatic rings. The molecule has 0 fully saturated rings. The first-order valence-electron chi connectivity index (χ1n) is 5.59. The molecule has 0 N–H and O–H groups in total. The highest BCUT2D eigenvalue weighted by atomic mass is 32.2. The van der Waals surface area contributed by atoms with Crippen LogP contribution in [0.4, 0.5) is 4.39 Å². The summed E-state index contributed by atoms with van der Waals surface area (Å²) in [6.45, 7) is 1.25. The normalized spacial score (nSPS) is 11.7. The third kappa shape index (κ3) is 3.51.